The van der Waals surface area contributed by atoms with Crippen LogP contribution in [0.4, 0.5) is 5.69 Å². The van der Waals surface area contributed by atoms with Crippen molar-refractivity contribution in [3.05, 3.63) is 65.2 Å². The van der Waals surface area contributed by atoms with Gasteiger partial charge >= 0.3 is 0 Å². The molecule has 1 saturated heterocycles. The number of carbonyl (C=O) groups is 2. The van der Waals surface area contributed by atoms with E-state index in [0.717, 1.165) is 31.4 Å². The molecule has 0 saturated carbocycles. The first-order valence-electron chi connectivity index (χ1n) is 9.51. The largest absolute Gasteiger partial charge is 0.334 e. The first kappa shape index (κ1) is 19.1. The zero-order valence-electron chi connectivity index (χ0n) is 15.9. The molecule has 2 unspecified atom stereocenters. The van der Waals surface area contributed by atoms with Gasteiger partial charge in [0.25, 0.3) is 11.8 Å². The van der Waals surface area contributed by atoms with E-state index in [0.29, 0.717) is 16.8 Å². The van der Waals surface area contributed by atoms with Gasteiger partial charge in [0, 0.05) is 35.4 Å². The van der Waals surface area contributed by atoms with Crippen LogP contribution < -0.4 is 11.1 Å². The lowest BCUT2D eigenvalue weighted by molar-refractivity contribution is 0.0583. The van der Waals surface area contributed by atoms with Gasteiger partial charge in [-0.05, 0) is 62.9 Å². The molecule has 1 aliphatic heterocycles. The summed E-state index contributed by atoms with van der Waals surface area (Å²) in [6, 6.07) is 14.5. The first-order valence-corrected chi connectivity index (χ1v) is 9.51. The molecule has 2 aromatic rings. The zero-order chi connectivity index (χ0) is 19.4. The van der Waals surface area contributed by atoms with Gasteiger partial charge in [-0.3, -0.25) is 9.59 Å². The normalized spacial score (nSPS) is 18.0. The van der Waals surface area contributed by atoms with E-state index < -0.39 is 0 Å². The highest BCUT2D eigenvalue weighted by Crippen LogP contribution is 2.24. The maximum atomic E-state index is 13.1. The summed E-state index contributed by atoms with van der Waals surface area (Å²) in [6.45, 7) is 4.60. The number of aryl methyl sites for hydroxylation is 1. The highest BCUT2D eigenvalue weighted by Gasteiger charge is 2.30. The van der Waals surface area contributed by atoms with Crippen LogP contribution in [0.2, 0.25) is 0 Å². The van der Waals surface area contributed by atoms with Crippen LogP contribution in [-0.4, -0.2) is 35.3 Å². The fourth-order valence-corrected chi connectivity index (χ4v) is 3.60. The van der Waals surface area contributed by atoms with E-state index in [1.54, 1.807) is 18.2 Å². The number of rotatable bonds is 4. The third-order valence-electron chi connectivity index (χ3n) is 5.19. The van der Waals surface area contributed by atoms with Crippen molar-refractivity contribution in [3.63, 3.8) is 0 Å². The molecule has 5 nitrogen and oxygen atoms in total. The van der Waals surface area contributed by atoms with Crippen LogP contribution in [0, 0.1) is 6.92 Å². The summed E-state index contributed by atoms with van der Waals surface area (Å²) in [7, 11) is 0. The lowest BCUT2D eigenvalue weighted by atomic mass is 9.95. The second-order valence-corrected chi connectivity index (χ2v) is 7.27. The minimum Gasteiger partial charge on any atom is -0.334 e. The van der Waals surface area contributed by atoms with Crippen LogP contribution in [0.5, 0.6) is 0 Å². The standard InChI is InChI=1S/C22H27N3O2/c1-15-11-12-18(22(27)25-13-7-6-10-20(25)16(2)23)14-19(15)24-21(26)17-8-4-3-5-9-17/h3-5,8-9,11-12,14,16,20H,6-7,10,13,23H2,1-2H3,(H,24,26). The number of nitrogens with one attached hydrogen (secondary N) is 1. The van der Waals surface area contributed by atoms with Gasteiger partial charge in [0.2, 0.25) is 0 Å². The van der Waals surface area contributed by atoms with Gasteiger partial charge in [-0.2, -0.15) is 0 Å². The Balaban J connectivity index is 1.82. The number of carbonyl (C=O) groups excluding carboxylic acids is 2. The smallest absolute Gasteiger partial charge is 0.255 e. The Hall–Kier alpha value is -2.66. The van der Waals surface area contributed by atoms with E-state index in [2.05, 4.69) is 5.32 Å². The molecular formula is C22H27N3O2. The highest BCUT2D eigenvalue weighted by atomic mass is 16.2. The SMILES string of the molecule is Cc1ccc(C(=O)N2CCCCC2C(C)N)cc1NC(=O)c1ccccc1. The number of hydrogen-bond acceptors (Lipinski definition) is 3. The summed E-state index contributed by atoms with van der Waals surface area (Å²) in [5, 5.41) is 2.92. The number of likely N-dealkylation sites (tertiary alicyclic amines) is 1. The van der Waals surface area contributed by atoms with E-state index in [1.807, 2.05) is 49.1 Å². The van der Waals surface area contributed by atoms with Gasteiger partial charge in [-0.15, -0.1) is 0 Å². The second-order valence-electron chi connectivity index (χ2n) is 7.27. The third kappa shape index (κ3) is 4.37. The van der Waals surface area contributed by atoms with Crippen LogP contribution in [0.1, 0.15) is 52.5 Å². The second kappa shape index (κ2) is 8.35. The topological polar surface area (TPSA) is 75.4 Å². The molecule has 1 aliphatic rings. The van der Waals surface area contributed by atoms with Crippen molar-refractivity contribution in [1.82, 2.24) is 4.90 Å². The van der Waals surface area contributed by atoms with E-state index in [-0.39, 0.29) is 23.9 Å². The summed E-state index contributed by atoms with van der Waals surface area (Å²) in [6.07, 6.45) is 3.04. The predicted molar refractivity (Wildman–Crippen MR) is 108 cm³/mol. The fourth-order valence-electron chi connectivity index (χ4n) is 3.60. The number of benzene rings is 2. The zero-order valence-corrected chi connectivity index (χ0v) is 15.9. The van der Waals surface area contributed by atoms with Gasteiger partial charge in [0.15, 0.2) is 0 Å². The lowest BCUT2D eigenvalue weighted by Crippen LogP contribution is -2.51. The van der Waals surface area contributed by atoms with Crippen LogP contribution in [-0.2, 0) is 0 Å². The Bertz CT molecular complexity index is 818. The van der Waals surface area contributed by atoms with Crippen LogP contribution >= 0.6 is 0 Å². The highest BCUT2D eigenvalue weighted by molar-refractivity contribution is 6.05. The molecule has 0 aliphatic carbocycles. The van der Waals surface area contributed by atoms with Crippen LogP contribution in [0.25, 0.3) is 0 Å². The number of nitrogens with zero attached hydrogens (tertiary/aromatic N) is 1. The van der Waals surface area contributed by atoms with Gasteiger partial charge in [-0.25, -0.2) is 0 Å². The molecule has 2 atom stereocenters. The molecule has 27 heavy (non-hydrogen) atoms. The van der Waals surface area contributed by atoms with Crippen LogP contribution in [0.15, 0.2) is 48.5 Å². The lowest BCUT2D eigenvalue weighted by Gasteiger charge is -2.38. The Kier molecular flexibility index (Phi) is 5.91. The summed E-state index contributed by atoms with van der Waals surface area (Å²) in [5.41, 5.74) is 8.84. The van der Waals surface area contributed by atoms with E-state index >= 15 is 0 Å². The maximum absolute atomic E-state index is 13.1. The van der Waals surface area contributed by atoms with Crippen molar-refractivity contribution >= 4 is 17.5 Å². The number of amides is 2. The molecule has 0 radical (unpaired) electrons. The van der Waals surface area contributed by atoms with Gasteiger partial charge in [0.1, 0.15) is 0 Å². The predicted octanol–water partition coefficient (Wildman–Crippen LogP) is 3.59. The van der Waals surface area contributed by atoms with Crippen molar-refractivity contribution in [2.45, 2.75) is 45.2 Å². The van der Waals surface area contributed by atoms with Crippen LogP contribution in [0.3, 0.4) is 0 Å². The van der Waals surface area contributed by atoms with Crippen molar-refractivity contribution < 1.29 is 9.59 Å². The minimum absolute atomic E-state index is 0.0211. The van der Waals surface area contributed by atoms with E-state index in [4.69, 9.17) is 5.73 Å². The van der Waals surface area contributed by atoms with Crippen molar-refractivity contribution in [2.24, 2.45) is 5.73 Å². The molecule has 2 amide bonds. The van der Waals surface area contributed by atoms with Crippen molar-refractivity contribution in [1.29, 1.82) is 0 Å². The number of nitrogens with two attached hydrogens (primary N) is 1. The number of anilines is 1. The summed E-state index contributed by atoms with van der Waals surface area (Å²) in [5.74, 6) is -0.207. The average Bonchev–Trinajstić information content (AvgIpc) is 2.69. The Morgan fingerprint density at radius 2 is 1.85 bits per heavy atom. The fraction of sp³-hybridized carbons (Fsp3) is 0.364. The quantitative estimate of drug-likeness (QED) is 0.869. The molecule has 3 N–H and O–H groups in total. The molecule has 2 aromatic carbocycles. The Labute approximate surface area is 160 Å². The summed E-state index contributed by atoms with van der Waals surface area (Å²) < 4.78 is 0. The molecule has 5 heteroatoms. The Morgan fingerprint density at radius 3 is 2.56 bits per heavy atom. The molecule has 0 aromatic heterocycles. The maximum Gasteiger partial charge on any atom is 0.255 e. The summed E-state index contributed by atoms with van der Waals surface area (Å²) in [4.78, 5) is 27.4. The first-order chi connectivity index (χ1) is 13.0. The van der Waals surface area contributed by atoms with Gasteiger partial charge < -0.3 is 16.0 Å². The van der Waals surface area contributed by atoms with Gasteiger partial charge in [0.05, 0.1) is 0 Å². The van der Waals surface area contributed by atoms with Crippen molar-refractivity contribution in [3.8, 4) is 0 Å². The molecule has 0 bridgehead atoms. The van der Waals surface area contributed by atoms with E-state index in [1.165, 1.54) is 0 Å². The average molecular weight is 365 g/mol. The monoisotopic (exact) mass is 365 g/mol. The Morgan fingerprint density at radius 1 is 1.11 bits per heavy atom. The van der Waals surface area contributed by atoms with Gasteiger partial charge in [-0.1, -0.05) is 24.3 Å². The third-order valence-corrected chi connectivity index (χ3v) is 5.19. The van der Waals surface area contributed by atoms with Crippen molar-refractivity contribution in [2.75, 3.05) is 11.9 Å². The number of hydrogen-bond donors (Lipinski definition) is 2. The minimum atomic E-state index is -0.185. The molecule has 3 rings (SSSR count). The van der Waals surface area contributed by atoms with E-state index in [9.17, 15) is 9.59 Å². The molecule has 1 fully saturated rings. The molecule has 1 heterocycles. The molecule has 142 valence electrons. The molecule has 0 spiro atoms. The summed E-state index contributed by atoms with van der Waals surface area (Å²) >= 11 is 0. The number of piperidine rings is 1. The molecular weight excluding hydrogens is 338 g/mol.